The zero-order chi connectivity index (χ0) is 16.8. The predicted molar refractivity (Wildman–Crippen MR) is 104 cm³/mol. The van der Waals surface area contributed by atoms with Crippen molar-refractivity contribution in [3.05, 3.63) is 29.8 Å². The molecular formula is C20H31ClN2O2. The SMILES string of the molecule is CCNCC1CCN(C(=O)c2cccc(OC3CCCC3)c2)CC1.Cl. The van der Waals surface area contributed by atoms with Crippen molar-refractivity contribution in [2.24, 2.45) is 5.92 Å². The number of rotatable bonds is 6. The summed E-state index contributed by atoms with van der Waals surface area (Å²) in [6.45, 7) is 5.96. The highest BCUT2D eigenvalue weighted by Gasteiger charge is 2.24. The molecule has 0 radical (unpaired) electrons. The van der Waals surface area contributed by atoms with Crippen molar-refractivity contribution in [3.8, 4) is 5.75 Å². The topological polar surface area (TPSA) is 41.6 Å². The lowest BCUT2D eigenvalue weighted by atomic mass is 9.96. The van der Waals surface area contributed by atoms with Crippen LogP contribution < -0.4 is 10.1 Å². The summed E-state index contributed by atoms with van der Waals surface area (Å²) in [5, 5.41) is 3.42. The van der Waals surface area contributed by atoms with Crippen molar-refractivity contribution in [2.45, 2.75) is 51.6 Å². The van der Waals surface area contributed by atoms with Gasteiger partial charge in [-0.05, 0) is 75.7 Å². The van der Waals surface area contributed by atoms with Gasteiger partial charge in [0.15, 0.2) is 0 Å². The van der Waals surface area contributed by atoms with Crippen molar-refractivity contribution < 1.29 is 9.53 Å². The molecule has 4 nitrogen and oxygen atoms in total. The fourth-order valence-corrected chi connectivity index (χ4v) is 3.77. The summed E-state index contributed by atoms with van der Waals surface area (Å²) in [4.78, 5) is 14.8. The van der Waals surface area contributed by atoms with Crippen LogP contribution in [0.4, 0.5) is 0 Å². The molecule has 1 aliphatic heterocycles. The smallest absolute Gasteiger partial charge is 0.253 e. The van der Waals surface area contributed by atoms with Gasteiger partial charge in [-0.25, -0.2) is 0 Å². The van der Waals surface area contributed by atoms with E-state index in [1.54, 1.807) is 0 Å². The van der Waals surface area contributed by atoms with Gasteiger partial charge in [-0.2, -0.15) is 0 Å². The van der Waals surface area contributed by atoms with Crippen LogP contribution in [0.2, 0.25) is 0 Å². The lowest BCUT2D eigenvalue weighted by Crippen LogP contribution is -2.40. The van der Waals surface area contributed by atoms with Gasteiger partial charge < -0.3 is 15.0 Å². The molecule has 0 spiro atoms. The second kappa shape index (κ2) is 10.0. The minimum absolute atomic E-state index is 0. The van der Waals surface area contributed by atoms with Gasteiger partial charge in [-0.1, -0.05) is 13.0 Å². The molecule has 0 aromatic heterocycles. The Labute approximate surface area is 157 Å². The summed E-state index contributed by atoms with van der Waals surface area (Å²) in [5.74, 6) is 1.69. The normalized spacial score (nSPS) is 18.8. The molecule has 1 heterocycles. The summed E-state index contributed by atoms with van der Waals surface area (Å²) in [6.07, 6.45) is 7.30. The van der Waals surface area contributed by atoms with Gasteiger partial charge in [0.05, 0.1) is 6.10 Å². The van der Waals surface area contributed by atoms with Crippen LogP contribution in [0, 0.1) is 5.92 Å². The van der Waals surface area contributed by atoms with Crippen LogP contribution in [-0.4, -0.2) is 43.1 Å². The lowest BCUT2D eigenvalue weighted by molar-refractivity contribution is 0.0689. The van der Waals surface area contributed by atoms with Crippen LogP contribution in [0.15, 0.2) is 24.3 Å². The zero-order valence-electron chi connectivity index (χ0n) is 15.2. The molecule has 1 saturated heterocycles. The maximum absolute atomic E-state index is 12.8. The van der Waals surface area contributed by atoms with Crippen molar-refractivity contribution in [1.82, 2.24) is 10.2 Å². The van der Waals surface area contributed by atoms with Crippen LogP contribution in [-0.2, 0) is 0 Å². The van der Waals surface area contributed by atoms with Gasteiger partial charge in [-0.15, -0.1) is 12.4 Å². The molecule has 2 aliphatic rings. The molecule has 1 aliphatic carbocycles. The molecule has 140 valence electrons. The minimum Gasteiger partial charge on any atom is -0.490 e. The van der Waals surface area contributed by atoms with E-state index in [2.05, 4.69) is 12.2 Å². The van der Waals surface area contributed by atoms with Gasteiger partial charge in [0.25, 0.3) is 5.91 Å². The third-order valence-corrected chi connectivity index (χ3v) is 5.27. The molecule has 1 amide bonds. The Morgan fingerprint density at radius 3 is 2.60 bits per heavy atom. The van der Waals surface area contributed by atoms with E-state index in [0.29, 0.717) is 12.0 Å². The highest BCUT2D eigenvalue weighted by atomic mass is 35.5. The fourth-order valence-electron chi connectivity index (χ4n) is 3.77. The van der Waals surface area contributed by atoms with E-state index < -0.39 is 0 Å². The standard InChI is InChI=1S/C20H30N2O2.ClH/c1-2-21-15-16-10-12-22(13-11-16)20(23)17-6-5-9-19(14-17)24-18-7-3-4-8-18;/h5-6,9,14,16,18,21H,2-4,7-8,10-13,15H2,1H3;1H. The average molecular weight is 367 g/mol. The molecule has 2 fully saturated rings. The number of hydrogen-bond donors (Lipinski definition) is 1. The second-order valence-electron chi connectivity index (χ2n) is 7.10. The first-order valence-electron chi connectivity index (χ1n) is 9.53. The molecule has 1 aromatic carbocycles. The summed E-state index contributed by atoms with van der Waals surface area (Å²) in [7, 11) is 0. The van der Waals surface area contributed by atoms with E-state index in [9.17, 15) is 4.79 Å². The van der Waals surface area contributed by atoms with Crippen LogP contribution in [0.25, 0.3) is 0 Å². The molecule has 1 saturated carbocycles. The lowest BCUT2D eigenvalue weighted by Gasteiger charge is -2.32. The molecule has 5 heteroatoms. The first-order chi connectivity index (χ1) is 11.8. The quantitative estimate of drug-likeness (QED) is 0.830. The maximum Gasteiger partial charge on any atom is 0.253 e. The van der Waals surface area contributed by atoms with Gasteiger partial charge in [-0.3, -0.25) is 4.79 Å². The first-order valence-corrected chi connectivity index (χ1v) is 9.53. The van der Waals surface area contributed by atoms with Crippen LogP contribution in [0.3, 0.4) is 0 Å². The minimum atomic E-state index is 0. The summed E-state index contributed by atoms with van der Waals surface area (Å²) < 4.78 is 6.04. The number of piperidine rings is 1. The number of benzene rings is 1. The van der Waals surface area contributed by atoms with E-state index >= 15 is 0 Å². The molecule has 0 atom stereocenters. The predicted octanol–water partition coefficient (Wildman–Crippen LogP) is 3.89. The molecule has 25 heavy (non-hydrogen) atoms. The van der Waals surface area contributed by atoms with E-state index in [-0.39, 0.29) is 18.3 Å². The Balaban J connectivity index is 0.00000225. The number of amides is 1. The number of likely N-dealkylation sites (tertiary alicyclic amines) is 1. The van der Waals surface area contributed by atoms with E-state index in [4.69, 9.17) is 4.74 Å². The van der Waals surface area contributed by atoms with Gasteiger partial charge in [0, 0.05) is 18.7 Å². The van der Waals surface area contributed by atoms with E-state index in [1.807, 2.05) is 29.2 Å². The third-order valence-electron chi connectivity index (χ3n) is 5.27. The first kappa shape index (κ1) is 20.1. The van der Waals surface area contributed by atoms with Crippen molar-refractivity contribution in [3.63, 3.8) is 0 Å². The number of carbonyl (C=O) groups excluding carboxylic acids is 1. The summed E-state index contributed by atoms with van der Waals surface area (Å²) in [6, 6.07) is 7.74. The Morgan fingerprint density at radius 2 is 1.92 bits per heavy atom. The van der Waals surface area contributed by atoms with E-state index in [1.165, 1.54) is 12.8 Å². The van der Waals surface area contributed by atoms with Crippen LogP contribution in [0.1, 0.15) is 55.8 Å². The molecule has 0 unspecified atom stereocenters. The number of hydrogen-bond acceptors (Lipinski definition) is 3. The Bertz CT molecular complexity index is 538. The molecule has 1 N–H and O–H groups in total. The molecular weight excluding hydrogens is 336 g/mol. The Hall–Kier alpha value is -1.26. The monoisotopic (exact) mass is 366 g/mol. The van der Waals surface area contributed by atoms with Gasteiger partial charge in [0.2, 0.25) is 0 Å². The number of halogens is 1. The Morgan fingerprint density at radius 1 is 1.20 bits per heavy atom. The number of carbonyl (C=O) groups is 1. The summed E-state index contributed by atoms with van der Waals surface area (Å²) in [5.41, 5.74) is 0.760. The fraction of sp³-hybridized carbons (Fsp3) is 0.650. The van der Waals surface area contributed by atoms with Gasteiger partial charge >= 0.3 is 0 Å². The molecule has 0 bridgehead atoms. The van der Waals surface area contributed by atoms with Crippen LogP contribution >= 0.6 is 12.4 Å². The van der Waals surface area contributed by atoms with Crippen molar-refractivity contribution >= 4 is 18.3 Å². The number of ether oxygens (including phenoxy) is 1. The van der Waals surface area contributed by atoms with Gasteiger partial charge in [0.1, 0.15) is 5.75 Å². The largest absolute Gasteiger partial charge is 0.490 e. The zero-order valence-corrected chi connectivity index (χ0v) is 16.0. The molecule has 3 rings (SSSR count). The highest BCUT2D eigenvalue weighted by Crippen LogP contribution is 2.25. The number of nitrogens with one attached hydrogen (secondary N) is 1. The third kappa shape index (κ3) is 5.61. The van der Waals surface area contributed by atoms with Crippen molar-refractivity contribution in [1.29, 1.82) is 0 Å². The van der Waals surface area contributed by atoms with Crippen molar-refractivity contribution in [2.75, 3.05) is 26.2 Å². The van der Waals surface area contributed by atoms with E-state index in [0.717, 1.165) is 63.2 Å². The highest BCUT2D eigenvalue weighted by molar-refractivity contribution is 5.94. The maximum atomic E-state index is 12.8. The Kier molecular flexibility index (Phi) is 8.04. The van der Waals surface area contributed by atoms with Crippen LogP contribution in [0.5, 0.6) is 5.75 Å². The number of nitrogens with zero attached hydrogens (tertiary/aromatic N) is 1. The average Bonchev–Trinajstić information content (AvgIpc) is 3.13. The summed E-state index contributed by atoms with van der Waals surface area (Å²) >= 11 is 0. The molecule has 1 aromatic rings. The second-order valence-corrected chi connectivity index (χ2v) is 7.10.